The van der Waals surface area contributed by atoms with Gasteiger partial charge in [-0.1, -0.05) is 0 Å². The fourth-order valence-corrected chi connectivity index (χ4v) is 5.17. The molecule has 0 saturated heterocycles. The number of pyridine rings is 1. The minimum atomic E-state index is 0.219. The molecule has 4 bridgehead atoms. The molecule has 1 aromatic rings. The summed E-state index contributed by atoms with van der Waals surface area (Å²) in [4.78, 5) is 16.9. The molecule has 3 heteroatoms. The maximum absolute atomic E-state index is 12.7. The van der Waals surface area contributed by atoms with Crippen molar-refractivity contribution in [3.05, 3.63) is 23.9 Å². The number of nitrogens with one attached hydrogen (secondary N) is 1. The van der Waals surface area contributed by atoms with E-state index in [1.165, 1.54) is 32.1 Å². The van der Waals surface area contributed by atoms with Crippen molar-refractivity contribution in [1.82, 2.24) is 4.98 Å². The van der Waals surface area contributed by atoms with Crippen LogP contribution in [0.5, 0.6) is 0 Å². The molecule has 0 atom stereocenters. The Balaban J connectivity index is 1.51. The third-order valence-electron chi connectivity index (χ3n) is 5.70. The first kappa shape index (κ1) is 12.4. The smallest absolute Gasteiger partial charge is 0.229 e. The molecule has 20 heavy (non-hydrogen) atoms. The Hall–Kier alpha value is -1.38. The van der Waals surface area contributed by atoms with Gasteiger partial charge in [0.15, 0.2) is 0 Å². The first-order valence-corrected chi connectivity index (χ1v) is 7.92. The van der Waals surface area contributed by atoms with Crippen LogP contribution in [0.3, 0.4) is 0 Å². The summed E-state index contributed by atoms with van der Waals surface area (Å²) in [6.45, 7) is 2.03. The summed E-state index contributed by atoms with van der Waals surface area (Å²) < 4.78 is 0. The minimum Gasteiger partial charge on any atom is -0.310 e. The van der Waals surface area contributed by atoms with E-state index in [4.69, 9.17) is 0 Å². The molecule has 0 spiro atoms. The molecular weight excluding hydrogens is 248 g/mol. The summed E-state index contributed by atoms with van der Waals surface area (Å²) in [6.07, 6.45) is 8.33. The average Bonchev–Trinajstić information content (AvgIpc) is 2.37. The zero-order valence-electron chi connectivity index (χ0n) is 12.0. The number of carbonyl (C=O) groups is 1. The molecule has 5 rings (SSSR count). The van der Waals surface area contributed by atoms with Gasteiger partial charge in [0.2, 0.25) is 5.91 Å². The van der Waals surface area contributed by atoms with Gasteiger partial charge in [-0.2, -0.15) is 0 Å². The monoisotopic (exact) mass is 270 g/mol. The van der Waals surface area contributed by atoms with Crippen LogP contribution >= 0.6 is 0 Å². The number of anilines is 1. The van der Waals surface area contributed by atoms with Gasteiger partial charge < -0.3 is 5.32 Å². The molecule has 1 aromatic heterocycles. The van der Waals surface area contributed by atoms with Crippen molar-refractivity contribution >= 4 is 11.7 Å². The molecule has 0 aliphatic heterocycles. The van der Waals surface area contributed by atoms with E-state index in [0.717, 1.165) is 17.4 Å². The first-order valence-electron chi connectivity index (χ1n) is 7.92. The highest BCUT2D eigenvalue weighted by Gasteiger charge is 2.50. The SMILES string of the molecule is Cc1ccnc(NC(=O)C2C3CC4CC(C3)CC2C4)c1. The Bertz CT molecular complexity index is 512. The minimum absolute atomic E-state index is 0.219. The van der Waals surface area contributed by atoms with Crippen molar-refractivity contribution in [2.24, 2.45) is 29.6 Å². The molecule has 0 radical (unpaired) electrons. The Labute approximate surface area is 120 Å². The molecule has 1 N–H and O–H groups in total. The number of rotatable bonds is 2. The number of aromatic nitrogens is 1. The lowest BCUT2D eigenvalue weighted by atomic mass is 9.51. The van der Waals surface area contributed by atoms with Crippen LogP contribution in [0.1, 0.15) is 37.7 Å². The third-order valence-corrected chi connectivity index (χ3v) is 5.70. The molecule has 106 valence electrons. The maximum Gasteiger partial charge on any atom is 0.229 e. The highest BCUT2D eigenvalue weighted by Crippen LogP contribution is 2.56. The lowest BCUT2D eigenvalue weighted by Crippen LogP contribution is -2.49. The van der Waals surface area contributed by atoms with Gasteiger partial charge in [0, 0.05) is 12.1 Å². The second-order valence-corrected chi connectivity index (χ2v) is 7.16. The summed E-state index contributed by atoms with van der Waals surface area (Å²) in [5.41, 5.74) is 1.14. The molecule has 4 aliphatic rings. The zero-order valence-corrected chi connectivity index (χ0v) is 12.0. The number of nitrogens with zero attached hydrogens (tertiary/aromatic N) is 1. The van der Waals surface area contributed by atoms with Crippen LogP contribution < -0.4 is 5.32 Å². The van der Waals surface area contributed by atoms with Crippen LogP contribution in [0, 0.1) is 36.5 Å². The maximum atomic E-state index is 12.7. The summed E-state index contributed by atoms with van der Waals surface area (Å²) >= 11 is 0. The van der Waals surface area contributed by atoms with E-state index in [2.05, 4.69) is 10.3 Å². The molecule has 1 amide bonds. The molecule has 4 saturated carbocycles. The third kappa shape index (κ3) is 2.04. The predicted octanol–water partition coefficient (Wildman–Crippen LogP) is 3.40. The van der Waals surface area contributed by atoms with E-state index in [1.807, 2.05) is 19.1 Å². The number of hydrogen-bond acceptors (Lipinski definition) is 2. The van der Waals surface area contributed by atoms with E-state index in [-0.39, 0.29) is 11.8 Å². The molecule has 4 fully saturated rings. The largest absolute Gasteiger partial charge is 0.310 e. The Morgan fingerprint density at radius 2 is 1.80 bits per heavy atom. The van der Waals surface area contributed by atoms with Gasteiger partial charge in [0.05, 0.1) is 0 Å². The van der Waals surface area contributed by atoms with E-state index in [0.29, 0.717) is 17.7 Å². The highest BCUT2D eigenvalue weighted by atomic mass is 16.2. The number of hydrogen-bond donors (Lipinski definition) is 1. The number of aryl methyl sites for hydroxylation is 1. The normalized spacial score (nSPS) is 38.0. The molecule has 3 nitrogen and oxygen atoms in total. The summed E-state index contributed by atoms with van der Waals surface area (Å²) in [7, 11) is 0. The second-order valence-electron chi connectivity index (χ2n) is 7.16. The van der Waals surface area contributed by atoms with Gasteiger partial charge in [-0.25, -0.2) is 4.98 Å². The van der Waals surface area contributed by atoms with Gasteiger partial charge in [-0.05, 0) is 80.4 Å². The van der Waals surface area contributed by atoms with Gasteiger partial charge in [-0.3, -0.25) is 4.79 Å². The summed E-state index contributed by atoms with van der Waals surface area (Å²) in [6, 6.07) is 3.91. The van der Waals surface area contributed by atoms with Crippen LogP contribution in [0.25, 0.3) is 0 Å². The topological polar surface area (TPSA) is 42.0 Å². The molecule has 4 aliphatic carbocycles. The Kier molecular flexibility index (Phi) is 2.83. The van der Waals surface area contributed by atoms with Crippen LogP contribution in [0.4, 0.5) is 5.82 Å². The van der Waals surface area contributed by atoms with Gasteiger partial charge in [-0.15, -0.1) is 0 Å². The van der Waals surface area contributed by atoms with E-state index >= 15 is 0 Å². The fourth-order valence-electron chi connectivity index (χ4n) is 5.17. The summed E-state index contributed by atoms with van der Waals surface area (Å²) in [5, 5.41) is 3.06. The van der Waals surface area contributed by atoms with Gasteiger partial charge in [0.1, 0.15) is 5.82 Å². The first-order chi connectivity index (χ1) is 9.69. The van der Waals surface area contributed by atoms with Crippen molar-refractivity contribution in [3.8, 4) is 0 Å². The Morgan fingerprint density at radius 1 is 1.15 bits per heavy atom. The second kappa shape index (κ2) is 4.57. The van der Waals surface area contributed by atoms with Crippen LogP contribution in [-0.2, 0) is 4.79 Å². The molecule has 0 aromatic carbocycles. The van der Waals surface area contributed by atoms with Crippen molar-refractivity contribution in [1.29, 1.82) is 0 Å². The van der Waals surface area contributed by atoms with Crippen molar-refractivity contribution in [2.75, 3.05) is 5.32 Å². The van der Waals surface area contributed by atoms with E-state index in [9.17, 15) is 4.79 Å². The van der Waals surface area contributed by atoms with Gasteiger partial charge in [0.25, 0.3) is 0 Å². The fraction of sp³-hybridized carbons (Fsp3) is 0.647. The van der Waals surface area contributed by atoms with Gasteiger partial charge >= 0.3 is 0 Å². The molecular formula is C17H22N2O. The van der Waals surface area contributed by atoms with Crippen LogP contribution in [0.15, 0.2) is 18.3 Å². The Morgan fingerprint density at radius 3 is 2.40 bits per heavy atom. The quantitative estimate of drug-likeness (QED) is 0.895. The van der Waals surface area contributed by atoms with E-state index < -0.39 is 0 Å². The zero-order chi connectivity index (χ0) is 13.7. The van der Waals surface area contributed by atoms with Crippen LogP contribution in [0.2, 0.25) is 0 Å². The average molecular weight is 270 g/mol. The number of carbonyl (C=O) groups excluding carboxylic acids is 1. The predicted molar refractivity (Wildman–Crippen MR) is 78.1 cm³/mol. The van der Waals surface area contributed by atoms with Crippen molar-refractivity contribution < 1.29 is 4.79 Å². The van der Waals surface area contributed by atoms with Crippen molar-refractivity contribution in [3.63, 3.8) is 0 Å². The van der Waals surface area contributed by atoms with Crippen LogP contribution in [-0.4, -0.2) is 10.9 Å². The number of amides is 1. The lowest BCUT2D eigenvalue weighted by Gasteiger charge is -2.53. The molecule has 1 heterocycles. The molecule has 0 unspecified atom stereocenters. The highest BCUT2D eigenvalue weighted by molar-refractivity contribution is 5.92. The van der Waals surface area contributed by atoms with Crippen molar-refractivity contribution in [2.45, 2.75) is 39.0 Å². The van der Waals surface area contributed by atoms with E-state index in [1.54, 1.807) is 6.20 Å². The standard InChI is InChI=1S/C17H22N2O/c1-10-2-3-18-15(4-10)19-17(20)16-13-6-11-5-12(8-13)9-14(16)7-11/h2-4,11-14,16H,5-9H2,1H3,(H,18,19,20). The lowest BCUT2D eigenvalue weighted by molar-refractivity contribution is -0.132. The summed E-state index contributed by atoms with van der Waals surface area (Å²) in [5.74, 6) is 4.27.